The third kappa shape index (κ3) is 2.68. The second-order valence-corrected chi connectivity index (χ2v) is 6.87. The maximum absolute atomic E-state index is 4.90. The molecule has 0 unspecified atom stereocenters. The molecule has 3 heterocycles. The van der Waals surface area contributed by atoms with Gasteiger partial charge in [-0.05, 0) is 41.0 Å². The Morgan fingerprint density at radius 2 is 1.62 bits per heavy atom. The number of benzene rings is 2. The fourth-order valence-corrected chi connectivity index (χ4v) is 3.95. The van der Waals surface area contributed by atoms with Crippen LogP contribution in [0.2, 0.25) is 0 Å². The lowest BCUT2D eigenvalue weighted by Gasteiger charge is -2.16. The van der Waals surface area contributed by atoms with Crippen molar-refractivity contribution in [3.63, 3.8) is 0 Å². The molecule has 1 fully saturated rings. The molecule has 0 radical (unpaired) electrons. The van der Waals surface area contributed by atoms with Crippen molar-refractivity contribution in [1.29, 1.82) is 0 Å². The largest absolute Gasteiger partial charge is 0.342 e. The summed E-state index contributed by atoms with van der Waals surface area (Å²) >= 11 is 0. The molecule has 1 aliphatic heterocycles. The van der Waals surface area contributed by atoms with Gasteiger partial charge in [-0.3, -0.25) is 4.98 Å². The van der Waals surface area contributed by atoms with Crippen LogP contribution in [0.4, 0.5) is 0 Å². The maximum atomic E-state index is 4.90. The first kappa shape index (κ1) is 15.3. The topological polar surface area (TPSA) is 53.6 Å². The monoisotopic (exact) mass is 340 g/mol. The van der Waals surface area contributed by atoms with Gasteiger partial charge in [-0.1, -0.05) is 36.4 Å². The fraction of sp³-hybridized carbons (Fsp3) is 0.182. The highest BCUT2D eigenvalue weighted by atomic mass is 15.0. The minimum Gasteiger partial charge on any atom is -0.342 e. The third-order valence-electron chi connectivity index (χ3n) is 5.31. The summed E-state index contributed by atoms with van der Waals surface area (Å²) in [5.74, 6) is 1.90. The molecule has 128 valence electrons. The molecule has 2 aromatic heterocycles. The summed E-state index contributed by atoms with van der Waals surface area (Å²) in [6, 6.07) is 21.2. The van der Waals surface area contributed by atoms with Crippen molar-refractivity contribution in [3.8, 4) is 11.1 Å². The zero-order valence-electron chi connectivity index (χ0n) is 14.4. The molecule has 1 saturated heterocycles. The van der Waals surface area contributed by atoms with Crippen molar-refractivity contribution < 1.29 is 0 Å². The van der Waals surface area contributed by atoms with Crippen LogP contribution in [-0.4, -0.2) is 28.0 Å². The van der Waals surface area contributed by atoms with E-state index in [2.05, 4.69) is 63.8 Å². The van der Waals surface area contributed by atoms with E-state index in [1.165, 1.54) is 16.7 Å². The first-order valence-corrected chi connectivity index (χ1v) is 9.04. The van der Waals surface area contributed by atoms with Crippen molar-refractivity contribution in [1.82, 2.24) is 20.3 Å². The smallest absolute Gasteiger partial charge is 0.112 e. The maximum Gasteiger partial charge on any atom is 0.112 e. The average molecular weight is 340 g/mol. The van der Waals surface area contributed by atoms with Gasteiger partial charge >= 0.3 is 0 Å². The predicted molar refractivity (Wildman–Crippen MR) is 104 cm³/mol. The van der Waals surface area contributed by atoms with Gasteiger partial charge in [0.05, 0.1) is 11.0 Å². The van der Waals surface area contributed by atoms with E-state index in [4.69, 9.17) is 4.98 Å². The lowest BCUT2D eigenvalue weighted by atomic mass is 9.88. The van der Waals surface area contributed by atoms with Crippen LogP contribution in [0, 0.1) is 0 Å². The van der Waals surface area contributed by atoms with Crippen LogP contribution in [0.15, 0.2) is 73.1 Å². The van der Waals surface area contributed by atoms with Gasteiger partial charge < -0.3 is 10.3 Å². The molecule has 4 heteroatoms. The molecule has 1 aliphatic rings. The van der Waals surface area contributed by atoms with Crippen LogP contribution in [0.3, 0.4) is 0 Å². The van der Waals surface area contributed by atoms with Gasteiger partial charge in [0, 0.05) is 37.3 Å². The Labute approximate surface area is 152 Å². The molecule has 4 aromatic rings. The van der Waals surface area contributed by atoms with Crippen LogP contribution < -0.4 is 5.32 Å². The Balaban J connectivity index is 1.51. The molecule has 0 aliphatic carbocycles. The first-order valence-electron chi connectivity index (χ1n) is 9.04. The molecule has 5 rings (SSSR count). The third-order valence-corrected chi connectivity index (χ3v) is 5.31. The molecule has 0 amide bonds. The van der Waals surface area contributed by atoms with Crippen molar-refractivity contribution in [2.24, 2.45) is 0 Å². The van der Waals surface area contributed by atoms with Crippen molar-refractivity contribution in [2.45, 2.75) is 11.8 Å². The minimum absolute atomic E-state index is 0.370. The molecule has 2 aromatic carbocycles. The van der Waals surface area contributed by atoms with Crippen molar-refractivity contribution in [3.05, 3.63) is 84.4 Å². The number of nitrogens with one attached hydrogen (secondary N) is 2. The number of nitrogens with zero attached hydrogens (tertiary/aromatic N) is 2. The zero-order valence-corrected chi connectivity index (χ0v) is 14.4. The fourth-order valence-electron chi connectivity index (χ4n) is 3.95. The van der Waals surface area contributed by atoms with E-state index < -0.39 is 0 Å². The molecule has 0 bridgehead atoms. The number of hydrogen-bond acceptors (Lipinski definition) is 3. The molecule has 4 nitrogen and oxygen atoms in total. The van der Waals surface area contributed by atoms with Crippen LogP contribution in [0.1, 0.15) is 23.2 Å². The average Bonchev–Trinajstić information content (AvgIpc) is 3.35. The van der Waals surface area contributed by atoms with Gasteiger partial charge in [0.15, 0.2) is 0 Å². The Hall–Kier alpha value is -2.98. The highest BCUT2D eigenvalue weighted by molar-refractivity contribution is 5.82. The quantitative estimate of drug-likeness (QED) is 0.590. The van der Waals surface area contributed by atoms with Gasteiger partial charge in [0.25, 0.3) is 0 Å². The molecular formula is C22H20N4. The van der Waals surface area contributed by atoms with E-state index in [1.54, 1.807) is 0 Å². The van der Waals surface area contributed by atoms with Gasteiger partial charge in [-0.2, -0.15) is 0 Å². The summed E-state index contributed by atoms with van der Waals surface area (Å²) in [6.07, 6.45) is 3.65. The van der Waals surface area contributed by atoms with Gasteiger partial charge in [0.2, 0.25) is 0 Å². The number of rotatable bonds is 3. The van der Waals surface area contributed by atoms with E-state index in [-0.39, 0.29) is 0 Å². The lowest BCUT2D eigenvalue weighted by molar-refractivity contribution is 0.635. The Kier molecular flexibility index (Phi) is 3.76. The number of H-pyrrole nitrogens is 1. The van der Waals surface area contributed by atoms with E-state index in [0.717, 1.165) is 29.9 Å². The van der Waals surface area contributed by atoms with Gasteiger partial charge in [-0.15, -0.1) is 0 Å². The standard InChI is InChI=1S/C22H20N4/c1-2-4-16(5-3-1)18-13-24-14-19(18)22-25-20-7-6-17(12-21(20)26-22)15-8-10-23-11-9-15/h1-12,18-19,24H,13-14H2,(H,25,26)/t18-,19+/m1/s1. The van der Waals surface area contributed by atoms with Crippen LogP contribution >= 0.6 is 0 Å². The van der Waals surface area contributed by atoms with Crippen LogP contribution in [-0.2, 0) is 0 Å². The number of aromatic nitrogens is 3. The summed E-state index contributed by atoms with van der Waals surface area (Å²) in [7, 11) is 0. The highest BCUT2D eigenvalue weighted by Crippen LogP contribution is 2.35. The van der Waals surface area contributed by atoms with Gasteiger partial charge in [0.1, 0.15) is 5.82 Å². The summed E-state index contributed by atoms with van der Waals surface area (Å²) in [6.45, 7) is 1.95. The number of hydrogen-bond donors (Lipinski definition) is 2. The Morgan fingerprint density at radius 3 is 2.46 bits per heavy atom. The first-order chi connectivity index (χ1) is 12.9. The van der Waals surface area contributed by atoms with Crippen LogP contribution in [0.25, 0.3) is 22.2 Å². The number of imidazole rings is 1. The van der Waals surface area contributed by atoms with E-state index >= 15 is 0 Å². The minimum atomic E-state index is 0.370. The highest BCUT2D eigenvalue weighted by Gasteiger charge is 2.31. The molecule has 2 N–H and O–H groups in total. The molecule has 0 spiro atoms. The lowest BCUT2D eigenvalue weighted by Crippen LogP contribution is -2.10. The predicted octanol–water partition coefficient (Wildman–Crippen LogP) is 4.10. The van der Waals surface area contributed by atoms with Gasteiger partial charge in [-0.25, -0.2) is 4.98 Å². The second kappa shape index (κ2) is 6.39. The van der Waals surface area contributed by atoms with Crippen molar-refractivity contribution >= 4 is 11.0 Å². The van der Waals surface area contributed by atoms with E-state index in [1.807, 2.05) is 24.5 Å². The van der Waals surface area contributed by atoms with Crippen molar-refractivity contribution in [2.75, 3.05) is 13.1 Å². The van der Waals surface area contributed by atoms with Crippen LogP contribution in [0.5, 0.6) is 0 Å². The molecule has 2 atom stereocenters. The van der Waals surface area contributed by atoms with E-state index in [9.17, 15) is 0 Å². The summed E-state index contributed by atoms with van der Waals surface area (Å²) in [5.41, 5.74) is 5.84. The molecule has 26 heavy (non-hydrogen) atoms. The summed E-state index contributed by atoms with van der Waals surface area (Å²) in [4.78, 5) is 12.6. The Morgan fingerprint density at radius 1 is 0.808 bits per heavy atom. The molecular weight excluding hydrogens is 320 g/mol. The number of aromatic amines is 1. The number of pyridine rings is 1. The van der Waals surface area contributed by atoms with E-state index in [0.29, 0.717) is 11.8 Å². The summed E-state index contributed by atoms with van der Waals surface area (Å²) in [5, 5.41) is 3.53. The second-order valence-electron chi connectivity index (χ2n) is 6.87. The normalized spacial score (nSPS) is 19.8. The zero-order chi connectivity index (χ0) is 17.3. The SMILES string of the molecule is c1ccc([C@H]2CNC[C@@H]2c2nc3ccc(-c4ccncc4)cc3[nH]2)cc1. The summed E-state index contributed by atoms with van der Waals surface area (Å²) < 4.78 is 0. The Bertz CT molecular complexity index is 1020. The molecule has 0 saturated carbocycles. The number of fused-ring (bicyclic) bond motifs is 1.